The molecule has 1 fully saturated rings. The van der Waals surface area contributed by atoms with Crippen molar-refractivity contribution in [2.45, 2.75) is 38.6 Å². The quantitative estimate of drug-likeness (QED) is 0.841. The number of aryl methyl sites for hydroxylation is 1. The number of rotatable bonds is 4. The van der Waals surface area contributed by atoms with Crippen LogP contribution >= 0.6 is 0 Å². The van der Waals surface area contributed by atoms with Gasteiger partial charge in [0.05, 0.1) is 0 Å². The lowest BCUT2D eigenvalue weighted by Gasteiger charge is -2.37. The fourth-order valence-electron chi connectivity index (χ4n) is 2.38. The van der Waals surface area contributed by atoms with Gasteiger partial charge in [-0.2, -0.15) is 0 Å². The molecule has 0 saturated heterocycles. The van der Waals surface area contributed by atoms with Crippen LogP contribution in [0, 0.1) is 6.92 Å². The van der Waals surface area contributed by atoms with Crippen LogP contribution in [0.4, 0.5) is 5.69 Å². The van der Waals surface area contributed by atoms with Gasteiger partial charge in [-0.3, -0.25) is 0 Å². The van der Waals surface area contributed by atoms with Crippen LogP contribution in [0.25, 0.3) is 0 Å². The fraction of sp³-hybridized carbons (Fsp3) is 0.571. The minimum Gasteiger partial charge on any atom is -0.371 e. The molecule has 88 valence electrons. The smallest absolute Gasteiger partial charge is 0.0399 e. The number of anilines is 1. The number of nitrogens with two attached hydrogens (primary N) is 1. The van der Waals surface area contributed by atoms with Gasteiger partial charge in [0.25, 0.3) is 0 Å². The summed E-state index contributed by atoms with van der Waals surface area (Å²) < 4.78 is 0. The monoisotopic (exact) mass is 218 g/mol. The zero-order chi connectivity index (χ0) is 11.5. The van der Waals surface area contributed by atoms with Crippen LogP contribution in [0.3, 0.4) is 0 Å². The second-order valence-electron chi connectivity index (χ2n) is 4.87. The molecule has 0 atom stereocenters. The molecule has 1 aromatic rings. The van der Waals surface area contributed by atoms with Gasteiger partial charge in [0, 0.05) is 18.8 Å². The van der Waals surface area contributed by atoms with Crippen LogP contribution in [0.1, 0.15) is 30.4 Å². The van der Waals surface area contributed by atoms with E-state index in [1.54, 1.807) is 0 Å². The van der Waals surface area contributed by atoms with Crippen molar-refractivity contribution in [3.8, 4) is 0 Å². The second-order valence-corrected chi connectivity index (χ2v) is 4.87. The number of nitrogens with zero attached hydrogens (tertiary/aromatic N) is 1. The summed E-state index contributed by atoms with van der Waals surface area (Å²) in [4.78, 5) is 2.44. The molecule has 0 aromatic heterocycles. The van der Waals surface area contributed by atoms with Crippen LogP contribution in [-0.4, -0.2) is 19.6 Å². The fourth-order valence-corrected chi connectivity index (χ4v) is 2.38. The van der Waals surface area contributed by atoms with Crippen LogP contribution in [-0.2, 0) is 6.42 Å². The first-order valence-electron chi connectivity index (χ1n) is 6.25. The van der Waals surface area contributed by atoms with E-state index in [1.807, 2.05) is 0 Å². The van der Waals surface area contributed by atoms with Crippen molar-refractivity contribution in [3.63, 3.8) is 0 Å². The third-order valence-corrected chi connectivity index (χ3v) is 3.65. The van der Waals surface area contributed by atoms with Gasteiger partial charge in [-0.15, -0.1) is 0 Å². The zero-order valence-corrected chi connectivity index (χ0v) is 10.4. The van der Waals surface area contributed by atoms with Gasteiger partial charge in [0.1, 0.15) is 0 Å². The summed E-state index contributed by atoms with van der Waals surface area (Å²) in [6.45, 7) is 2.88. The Bertz CT molecular complexity index is 356. The molecule has 0 spiro atoms. The molecular weight excluding hydrogens is 196 g/mol. The zero-order valence-electron chi connectivity index (χ0n) is 10.4. The highest BCUT2D eigenvalue weighted by Crippen LogP contribution is 2.30. The minimum atomic E-state index is 0.731. The first-order valence-corrected chi connectivity index (χ1v) is 6.25. The Morgan fingerprint density at radius 2 is 2.12 bits per heavy atom. The summed E-state index contributed by atoms with van der Waals surface area (Å²) in [6.07, 6.45) is 5.04. The molecular formula is C14H22N2. The summed E-state index contributed by atoms with van der Waals surface area (Å²) in [6, 6.07) is 7.47. The third-order valence-electron chi connectivity index (χ3n) is 3.65. The summed E-state index contributed by atoms with van der Waals surface area (Å²) in [5.41, 5.74) is 9.79. The molecule has 0 unspecified atom stereocenters. The Balaban J connectivity index is 2.23. The molecule has 1 saturated carbocycles. The predicted octanol–water partition coefficient (Wildman–Crippen LogP) is 2.48. The first-order chi connectivity index (χ1) is 7.72. The summed E-state index contributed by atoms with van der Waals surface area (Å²) in [7, 11) is 2.22. The molecule has 1 aromatic carbocycles. The van der Waals surface area contributed by atoms with Crippen molar-refractivity contribution in [1.82, 2.24) is 0 Å². The van der Waals surface area contributed by atoms with Gasteiger partial charge in [-0.1, -0.05) is 17.7 Å². The molecule has 0 amide bonds. The lowest BCUT2D eigenvalue weighted by Crippen LogP contribution is -2.37. The highest BCUT2D eigenvalue weighted by Gasteiger charge is 2.23. The van der Waals surface area contributed by atoms with Gasteiger partial charge < -0.3 is 10.6 Å². The molecule has 0 heterocycles. The molecule has 2 rings (SSSR count). The van der Waals surface area contributed by atoms with Crippen LogP contribution in [0.5, 0.6) is 0 Å². The maximum Gasteiger partial charge on any atom is 0.0399 e. The Hall–Kier alpha value is -1.02. The van der Waals surface area contributed by atoms with Crippen LogP contribution in [0.15, 0.2) is 18.2 Å². The van der Waals surface area contributed by atoms with E-state index in [2.05, 4.69) is 37.1 Å². The highest BCUT2D eigenvalue weighted by atomic mass is 15.1. The van der Waals surface area contributed by atoms with Gasteiger partial charge >= 0.3 is 0 Å². The van der Waals surface area contributed by atoms with Crippen molar-refractivity contribution in [1.29, 1.82) is 0 Å². The average Bonchev–Trinajstić information content (AvgIpc) is 2.15. The van der Waals surface area contributed by atoms with E-state index in [0.717, 1.165) is 19.0 Å². The maximum absolute atomic E-state index is 5.68. The summed E-state index contributed by atoms with van der Waals surface area (Å²) >= 11 is 0. The number of hydrogen-bond acceptors (Lipinski definition) is 2. The van der Waals surface area contributed by atoms with E-state index in [1.165, 1.54) is 36.1 Å². The largest absolute Gasteiger partial charge is 0.371 e. The molecule has 2 N–H and O–H groups in total. The molecule has 2 heteroatoms. The Labute approximate surface area is 98.4 Å². The number of hydrogen-bond donors (Lipinski definition) is 1. The summed E-state index contributed by atoms with van der Waals surface area (Å²) in [5, 5.41) is 0. The molecule has 0 radical (unpaired) electrons. The number of benzene rings is 1. The summed E-state index contributed by atoms with van der Waals surface area (Å²) in [5.74, 6) is 0. The van der Waals surface area contributed by atoms with E-state index >= 15 is 0 Å². The Morgan fingerprint density at radius 1 is 1.38 bits per heavy atom. The van der Waals surface area contributed by atoms with Crippen molar-refractivity contribution >= 4 is 5.69 Å². The topological polar surface area (TPSA) is 29.3 Å². The van der Waals surface area contributed by atoms with Gasteiger partial charge in [0.2, 0.25) is 0 Å². The second kappa shape index (κ2) is 4.88. The van der Waals surface area contributed by atoms with E-state index in [-0.39, 0.29) is 0 Å². The minimum absolute atomic E-state index is 0.731. The standard InChI is InChI=1S/C14H22N2/c1-11-6-7-14(12(10-11)8-9-15)16(2)13-4-3-5-13/h6-7,10,13H,3-5,8-9,15H2,1-2H3. The lowest BCUT2D eigenvalue weighted by atomic mass is 9.90. The van der Waals surface area contributed by atoms with Gasteiger partial charge in [-0.05, 0) is 50.8 Å². The maximum atomic E-state index is 5.68. The highest BCUT2D eigenvalue weighted by molar-refractivity contribution is 5.55. The molecule has 2 nitrogen and oxygen atoms in total. The predicted molar refractivity (Wildman–Crippen MR) is 70.0 cm³/mol. The van der Waals surface area contributed by atoms with Crippen molar-refractivity contribution in [3.05, 3.63) is 29.3 Å². The molecule has 0 aliphatic heterocycles. The van der Waals surface area contributed by atoms with E-state index in [0.29, 0.717) is 0 Å². The van der Waals surface area contributed by atoms with E-state index < -0.39 is 0 Å². The molecule has 0 bridgehead atoms. The van der Waals surface area contributed by atoms with Gasteiger partial charge in [0.15, 0.2) is 0 Å². The average molecular weight is 218 g/mol. The normalized spacial score (nSPS) is 15.9. The lowest BCUT2D eigenvalue weighted by molar-refractivity contribution is 0.400. The van der Waals surface area contributed by atoms with Crippen molar-refractivity contribution < 1.29 is 0 Å². The Kier molecular flexibility index (Phi) is 3.49. The van der Waals surface area contributed by atoms with Crippen molar-refractivity contribution in [2.24, 2.45) is 5.73 Å². The molecule has 1 aliphatic rings. The van der Waals surface area contributed by atoms with Crippen LogP contribution < -0.4 is 10.6 Å². The Morgan fingerprint density at radius 3 is 2.69 bits per heavy atom. The molecule has 1 aliphatic carbocycles. The van der Waals surface area contributed by atoms with Crippen LogP contribution in [0.2, 0.25) is 0 Å². The van der Waals surface area contributed by atoms with Crippen molar-refractivity contribution in [2.75, 3.05) is 18.5 Å². The SMILES string of the molecule is Cc1ccc(N(C)C2CCC2)c(CCN)c1. The van der Waals surface area contributed by atoms with Gasteiger partial charge in [-0.25, -0.2) is 0 Å². The van der Waals surface area contributed by atoms with E-state index in [4.69, 9.17) is 5.73 Å². The first kappa shape index (κ1) is 11.5. The van der Waals surface area contributed by atoms with E-state index in [9.17, 15) is 0 Å². The third kappa shape index (κ3) is 2.22. The molecule has 16 heavy (non-hydrogen) atoms.